The number of hydrogen-bond acceptors (Lipinski definition) is 4. The Morgan fingerprint density at radius 2 is 1.71 bits per heavy atom. The summed E-state index contributed by atoms with van der Waals surface area (Å²) in [5.74, 6) is -0.148. The van der Waals surface area contributed by atoms with E-state index in [1.54, 1.807) is 4.68 Å². The van der Waals surface area contributed by atoms with Gasteiger partial charge in [0.25, 0.3) is 5.91 Å². The minimum Gasteiger partial charge on any atom is -0.321 e. The van der Waals surface area contributed by atoms with E-state index >= 15 is 0 Å². The van der Waals surface area contributed by atoms with Gasteiger partial charge in [-0.2, -0.15) is 4.98 Å². The van der Waals surface area contributed by atoms with E-state index in [1.165, 1.54) is 17.3 Å². The summed E-state index contributed by atoms with van der Waals surface area (Å²) in [6, 6.07) is 23.4. The zero-order chi connectivity index (χ0) is 21.8. The highest BCUT2D eigenvalue weighted by Gasteiger charge is 2.15. The van der Waals surface area contributed by atoms with Crippen LogP contribution in [0, 0.1) is 13.8 Å². The number of nitrogens with one attached hydrogen (secondary N) is 1. The highest BCUT2D eigenvalue weighted by molar-refractivity contribution is 7.99. The fraction of sp³-hybridized carbons (Fsp3) is 0.125. The molecule has 1 N–H and O–H groups in total. The molecular formula is C24H21ClN4OS. The maximum atomic E-state index is 12.8. The van der Waals surface area contributed by atoms with Crippen molar-refractivity contribution in [3.63, 3.8) is 0 Å². The molecule has 0 unspecified atom stereocenters. The molecule has 4 aromatic rings. The normalized spacial score (nSPS) is 10.8. The molecule has 7 heteroatoms. The van der Waals surface area contributed by atoms with Crippen LogP contribution in [0.4, 0.5) is 5.69 Å². The lowest BCUT2D eigenvalue weighted by molar-refractivity contribution is 0.102. The third-order valence-corrected chi connectivity index (χ3v) is 6.01. The second-order valence-electron chi connectivity index (χ2n) is 7.17. The SMILES string of the molecule is Cc1ccc(Cn2nc(Cl)nc2Sc2ccccc2NC(=O)c2ccccc2C)cc1. The number of nitrogens with zero attached hydrogens (tertiary/aromatic N) is 3. The van der Waals surface area contributed by atoms with E-state index in [-0.39, 0.29) is 11.2 Å². The Bertz CT molecular complexity index is 1220. The molecule has 1 aromatic heterocycles. The Kier molecular flexibility index (Phi) is 6.39. The van der Waals surface area contributed by atoms with Crippen LogP contribution in [0.5, 0.6) is 0 Å². The van der Waals surface area contributed by atoms with Crippen molar-refractivity contribution < 1.29 is 4.79 Å². The molecule has 0 saturated carbocycles. The van der Waals surface area contributed by atoms with Crippen molar-refractivity contribution in [1.82, 2.24) is 14.8 Å². The Morgan fingerprint density at radius 1 is 1.00 bits per heavy atom. The predicted octanol–water partition coefficient (Wildman–Crippen LogP) is 6.00. The van der Waals surface area contributed by atoms with Crippen LogP contribution in [-0.4, -0.2) is 20.7 Å². The van der Waals surface area contributed by atoms with Crippen molar-refractivity contribution >= 4 is 35.0 Å². The predicted molar refractivity (Wildman–Crippen MR) is 125 cm³/mol. The summed E-state index contributed by atoms with van der Waals surface area (Å²) in [6.45, 7) is 4.53. The first-order valence-corrected chi connectivity index (χ1v) is 11.0. The second kappa shape index (κ2) is 9.37. The average molecular weight is 449 g/mol. The molecular weight excluding hydrogens is 428 g/mol. The van der Waals surface area contributed by atoms with Crippen molar-refractivity contribution in [2.24, 2.45) is 0 Å². The number of aromatic nitrogens is 3. The van der Waals surface area contributed by atoms with Gasteiger partial charge in [0.2, 0.25) is 5.28 Å². The van der Waals surface area contributed by atoms with E-state index in [0.29, 0.717) is 23.0 Å². The van der Waals surface area contributed by atoms with Gasteiger partial charge in [-0.05, 0) is 66.5 Å². The highest BCUT2D eigenvalue weighted by Crippen LogP contribution is 2.33. The molecule has 1 amide bonds. The zero-order valence-corrected chi connectivity index (χ0v) is 18.7. The van der Waals surface area contributed by atoms with E-state index in [9.17, 15) is 4.79 Å². The van der Waals surface area contributed by atoms with Gasteiger partial charge >= 0.3 is 0 Å². The number of hydrogen-bond donors (Lipinski definition) is 1. The molecule has 1 heterocycles. The Morgan fingerprint density at radius 3 is 2.48 bits per heavy atom. The van der Waals surface area contributed by atoms with Crippen molar-refractivity contribution in [3.8, 4) is 0 Å². The minimum atomic E-state index is -0.148. The van der Waals surface area contributed by atoms with Gasteiger partial charge in [-0.3, -0.25) is 4.79 Å². The molecule has 0 aliphatic carbocycles. The minimum absolute atomic E-state index is 0.148. The number of amides is 1. The molecule has 4 rings (SSSR count). The average Bonchev–Trinajstić information content (AvgIpc) is 3.10. The Balaban J connectivity index is 1.57. The van der Waals surface area contributed by atoms with Gasteiger partial charge in [-0.25, -0.2) is 4.68 Å². The first-order chi connectivity index (χ1) is 15.0. The fourth-order valence-electron chi connectivity index (χ4n) is 3.12. The van der Waals surface area contributed by atoms with Gasteiger partial charge in [-0.15, -0.1) is 5.10 Å². The summed E-state index contributed by atoms with van der Waals surface area (Å²) in [7, 11) is 0. The number of rotatable bonds is 6. The number of anilines is 1. The first-order valence-electron chi connectivity index (χ1n) is 9.79. The monoisotopic (exact) mass is 448 g/mol. The maximum absolute atomic E-state index is 12.8. The lowest BCUT2D eigenvalue weighted by Crippen LogP contribution is -2.13. The molecule has 31 heavy (non-hydrogen) atoms. The Labute approximate surface area is 190 Å². The number of aryl methyl sites for hydroxylation is 2. The van der Waals surface area contributed by atoms with E-state index in [2.05, 4.69) is 46.6 Å². The largest absolute Gasteiger partial charge is 0.321 e. The smallest absolute Gasteiger partial charge is 0.255 e. The van der Waals surface area contributed by atoms with Crippen LogP contribution < -0.4 is 5.32 Å². The van der Waals surface area contributed by atoms with Gasteiger partial charge in [0.1, 0.15) is 0 Å². The van der Waals surface area contributed by atoms with Crippen LogP contribution in [0.3, 0.4) is 0 Å². The van der Waals surface area contributed by atoms with Crippen LogP contribution in [0.1, 0.15) is 27.0 Å². The zero-order valence-electron chi connectivity index (χ0n) is 17.2. The number of carbonyl (C=O) groups is 1. The van der Waals surface area contributed by atoms with Crippen LogP contribution in [0.25, 0.3) is 0 Å². The lowest BCUT2D eigenvalue weighted by Gasteiger charge is -2.12. The van der Waals surface area contributed by atoms with Crippen LogP contribution in [-0.2, 0) is 6.54 Å². The Hall–Kier alpha value is -3.09. The summed E-state index contributed by atoms with van der Waals surface area (Å²) in [6.07, 6.45) is 0. The molecule has 156 valence electrons. The lowest BCUT2D eigenvalue weighted by atomic mass is 10.1. The van der Waals surface area contributed by atoms with Gasteiger partial charge < -0.3 is 5.32 Å². The number of carbonyl (C=O) groups excluding carboxylic acids is 1. The second-order valence-corrected chi connectivity index (χ2v) is 8.52. The van der Waals surface area contributed by atoms with E-state index in [4.69, 9.17) is 11.6 Å². The third kappa shape index (κ3) is 5.16. The van der Waals surface area contributed by atoms with E-state index < -0.39 is 0 Å². The molecule has 0 fully saturated rings. The van der Waals surface area contributed by atoms with Crippen molar-refractivity contribution in [1.29, 1.82) is 0 Å². The van der Waals surface area contributed by atoms with Crippen molar-refractivity contribution in [2.45, 2.75) is 30.4 Å². The highest BCUT2D eigenvalue weighted by atomic mass is 35.5. The molecule has 0 bridgehead atoms. The molecule has 0 aliphatic rings. The van der Waals surface area contributed by atoms with Crippen molar-refractivity contribution in [2.75, 3.05) is 5.32 Å². The maximum Gasteiger partial charge on any atom is 0.255 e. The van der Waals surface area contributed by atoms with E-state index in [0.717, 1.165) is 16.0 Å². The van der Waals surface area contributed by atoms with Gasteiger partial charge in [0.15, 0.2) is 5.16 Å². The van der Waals surface area contributed by atoms with Crippen LogP contribution in [0.15, 0.2) is 82.8 Å². The number of benzene rings is 3. The standard InChI is InChI=1S/C24H21ClN4OS/c1-16-11-13-18(14-12-16)15-29-24(27-23(25)28-29)31-21-10-6-5-9-20(21)26-22(30)19-8-4-3-7-17(19)2/h3-14H,15H2,1-2H3,(H,26,30). The topological polar surface area (TPSA) is 59.8 Å². The molecule has 5 nitrogen and oxygen atoms in total. The number of halogens is 1. The van der Waals surface area contributed by atoms with E-state index in [1.807, 2.05) is 55.5 Å². The fourth-order valence-corrected chi connectivity index (χ4v) is 4.26. The molecule has 0 saturated heterocycles. The third-order valence-electron chi connectivity index (χ3n) is 4.79. The molecule has 0 aliphatic heterocycles. The summed E-state index contributed by atoms with van der Waals surface area (Å²) >= 11 is 7.53. The summed E-state index contributed by atoms with van der Waals surface area (Å²) in [5.41, 5.74) is 4.59. The van der Waals surface area contributed by atoms with Crippen molar-refractivity contribution in [3.05, 3.63) is 100 Å². The van der Waals surface area contributed by atoms with Crippen LogP contribution in [0.2, 0.25) is 5.28 Å². The quantitative estimate of drug-likeness (QED) is 0.393. The van der Waals surface area contributed by atoms with Gasteiger partial charge in [0.05, 0.1) is 12.2 Å². The summed E-state index contributed by atoms with van der Waals surface area (Å²) in [4.78, 5) is 18.0. The molecule has 0 atom stereocenters. The summed E-state index contributed by atoms with van der Waals surface area (Å²) in [5, 5.41) is 8.20. The first kappa shape index (κ1) is 21.2. The molecule has 3 aromatic carbocycles. The van der Waals surface area contributed by atoms with Crippen LogP contribution >= 0.6 is 23.4 Å². The molecule has 0 spiro atoms. The van der Waals surface area contributed by atoms with Gasteiger partial charge in [-0.1, -0.05) is 60.2 Å². The van der Waals surface area contributed by atoms with Gasteiger partial charge in [0, 0.05) is 10.5 Å². The molecule has 0 radical (unpaired) electrons. The summed E-state index contributed by atoms with van der Waals surface area (Å²) < 4.78 is 1.78. The number of para-hydroxylation sites is 1.